The molecule has 0 unspecified atom stereocenters. The number of aromatic nitrogens is 1. The molecule has 0 aliphatic carbocycles. The molecule has 0 aliphatic rings. The van der Waals surface area contributed by atoms with Crippen molar-refractivity contribution in [1.29, 1.82) is 0 Å². The van der Waals surface area contributed by atoms with Crippen molar-refractivity contribution in [2.24, 2.45) is 0 Å². The molecular formula is C9H10BrNO3. The third-order valence-corrected chi connectivity index (χ3v) is 2.19. The molecule has 4 nitrogen and oxygen atoms in total. The summed E-state index contributed by atoms with van der Waals surface area (Å²) >= 11 is 3.24. The Balaban J connectivity index is 2.94. The highest BCUT2D eigenvalue weighted by Gasteiger charge is 2.12. The molecule has 1 aromatic rings. The number of halogens is 1. The SMILES string of the molecule is CCOC(=O)c1cnc(OC)cc1Br. The minimum absolute atomic E-state index is 0.345. The Morgan fingerprint density at radius 3 is 2.86 bits per heavy atom. The third kappa shape index (κ3) is 2.45. The average Bonchev–Trinajstić information content (AvgIpc) is 2.17. The summed E-state index contributed by atoms with van der Waals surface area (Å²) in [5.41, 5.74) is 0.396. The number of rotatable bonds is 3. The fourth-order valence-corrected chi connectivity index (χ4v) is 1.34. The van der Waals surface area contributed by atoms with Crippen molar-refractivity contribution in [3.8, 4) is 5.88 Å². The zero-order chi connectivity index (χ0) is 10.6. The van der Waals surface area contributed by atoms with Crippen molar-refractivity contribution >= 4 is 21.9 Å². The van der Waals surface area contributed by atoms with Crippen molar-refractivity contribution in [2.45, 2.75) is 6.92 Å². The standard InChI is InChI=1S/C9H10BrNO3/c1-3-14-9(12)6-5-11-8(13-2)4-7(6)10/h4-5H,3H2,1-2H3. The van der Waals surface area contributed by atoms with E-state index >= 15 is 0 Å². The van der Waals surface area contributed by atoms with Crippen LogP contribution < -0.4 is 4.74 Å². The van der Waals surface area contributed by atoms with Gasteiger partial charge in [-0.3, -0.25) is 0 Å². The summed E-state index contributed by atoms with van der Waals surface area (Å²) in [5.74, 6) is 0.0550. The number of esters is 1. The van der Waals surface area contributed by atoms with Gasteiger partial charge in [0.05, 0.1) is 19.3 Å². The van der Waals surface area contributed by atoms with Crippen LogP contribution in [0.1, 0.15) is 17.3 Å². The molecule has 0 aliphatic heterocycles. The van der Waals surface area contributed by atoms with E-state index in [1.54, 1.807) is 13.0 Å². The predicted molar refractivity (Wildman–Crippen MR) is 54.4 cm³/mol. The summed E-state index contributed by atoms with van der Waals surface area (Å²) in [4.78, 5) is 15.2. The first-order valence-electron chi connectivity index (χ1n) is 4.05. The highest BCUT2D eigenvalue weighted by atomic mass is 79.9. The highest BCUT2D eigenvalue weighted by molar-refractivity contribution is 9.10. The molecule has 14 heavy (non-hydrogen) atoms. The topological polar surface area (TPSA) is 48.4 Å². The first-order chi connectivity index (χ1) is 6.69. The summed E-state index contributed by atoms with van der Waals surface area (Å²) in [6, 6.07) is 1.62. The minimum atomic E-state index is -0.394. The normalized spacial score (nSPS) is 9.64. The quantitative estimate of drug-likeness (QED) is 0.780. The monoisotopic (exact) mass is 259 g/mol. The number of hydrogen-bond donors (Lipinski definition) is 0. The fraction of sp³-hybridized carbons (Fsp3) is 0.333. The van der Waals surface area contributed by atoms with Crippen LogP contribution >= 0.6 is 15.9 Å². The Morgan fingerprint density at radius 2 is 2.36 bits per heavy atom. The second kappa shape index (κ2) is 4.95. The van der Waals surface area contributed by atoms with E-state index in [4.69, 9.17) is 9.47 Å². The van der Waals surface area contributed by atoms with E-state index in [0.29, 0.717) is 22.5 Å². The van der Waals surface area contributed by atoms with E-state index in [-0.39, 0.29) is 0 Å². The largest absolute Gasteiger partial charge is 0.481 e. The third-order valence-electron chi connectivity index (χ3n) is 1.53. The molecule has 0 fully saturated rings. The van der Waals surface area contributed by atoms with Crippen molar-refractivity contribution in [3.63, 3.8) is 0 Å². The van der Waals surface area contributed by atoms with E-state index in [0.717, 1.165) is 0 Å². The number of ether oxygens (including phenoxy) is 2. The van der Waals surface area contributed by atoms with Crippen LogP contribution in [0.15, 0.2) is 16.7 Å². The summed E-state index contributed by atoms with van der Waals surface area (Å²) in [7, 11) is 1.51. The van der Waals surface area contributed by atoms with E-state index in [1.807, 2.05) is 0 Å². The lowest BCUT2D eigenvalue weighted by atomic mass is 10.3. The Hall–Kier alpha value is -1.10. The maximum atomic E-state index is 11.3. The summed E-state index contributed by atoms with van der Waals surface area (Å²) in [5, 5.41) is 0. The van der Waals surface area contributed by atoms with Crippen molar-refractivity contribution in [1.82, 2.24) is 4.98 Å². The van der Waals surface area contributed by atoms with Gasteiger partial charge < -0.3 is 9.47 Å². The Labute approximate surface area is 90.4 Å². The van der Waals surface area contributed by atoms with E-state index in [1.165, 1.54) is 13.3 Å². The molecule has 0 amide bonds. The van der Waals surface area contributed by atoms with Crippen LogP contribution in [-0.2, 0) is 4.74 Å². The van der Waals surface area contributed by atoms with Gasteiger partial charge in [0, 0.05) is 16.7 Å². The van der Waals surface area contributed by atoms with Crippen molar-refractivity contribution in [3.05, 3.63) is 22.3 Å². The van der Waals surface area contributed by atoms with Gasteiger partial charge >= 0.3 is 5.97 Å². The van der Waals surface area contributed by atoms with Gasteiger partial charge in [-0.05, 0) is 22.9 Å². The maximum Gasteiger partial charge on any atom is 0.340 e. The Morgan fingerprint density at radius 1 is 1.64 bits per heavy atom. The lowest BCUT2D eigenvalue weighted by Gasteiger charge is -2.04. The van der Waals surface area contributed by atoms with Crippen LogP contribution in [0.2, 0.25) is 0 Å². The Bertz CT molecular complexity index is 341. The molecule has 0 bridgehead atoms. The van der Waals surface area contributed by atoms with Gasteiger partial charge in [-0.25, -0.2) is 9.78 Å². The molecule has 0 radical (unpaired) electrons. The zero-order valence-corrected chi connectivity index (χ0v) is 9.50. The summed E-state index contributed by atoms with van der Waals surface area (Å²) < 4.78 is 10.3. The number of carbonyl (C=O) groups excluding carboxylic acids is 1. The molecule has 0 aromatic carbocycles. The molecule has 0 spiro atoms. The molecule has 5 heteroatoms. The molecule has 0 atom stereocenters. The molecule has 1 aromatic heterocycles. The van der Waals surface area contributed by atoms with Crippen molar-refractivity contribution < 1.29 is 14.3 Å². The van der Waals surface area contributed by atoms with Crippen LogP contribution in [0.3, 0.4) is 0 Å². The molecule has 0 N–H and O–H groups in total. The molecule has 76 valence electrons. The van der Waals surface area contributed by atoms with Gasteiger partial charge in [0.2, 0.25) is 5.88 Å². The summed E-state index contributed by atoms with van der Waals surface area (Å²) in [6.07, 6.45) is 1.42. The summed E-state index contributed by atoms with van der Waals surface area (Å²) in [6.45, 7) is 2.10. The first-order valence-corrected chi connectivity index (χ1v) is 4.85. The number of pyridine rings is 1. The van der Waals surface area contributed by atoms with Gasteiger partial charge in [-0.2, -0.15) is 0 Å². The van der Waals surface area contributed by atoms with Gasteiger partial charge in [0.15, 0.2) is 0 Å². The van der Waals surface area contributed by atoms with Crippen LogP contribution in [-0.4, -0.2) is 24.7 Å². The maximum absolute atomic E-state index is 11.3. The van der Waals surface area contributed by atoms with E-state index < -0.39 is 5.97 Å². The molecule has 0 saturated heterocycles. The minimum Gasteiger partial charge on any atom is -0.481 e. The lowest BCUT2D eigenvalue weighted by molar-refractivity contribution is 0.0524. The second-order valence-corrected chi connectivity index (χ2v) is 3.28. The second-order valence-electron chi connectivity index (χ2n) is 2.43. The van der Waals surface area contributed by atoms with Gasteiger partial charge in [-0.15, -0.1) is 0 Å². The molecule has 0 saturated carbocycles. The molecule has 1 rings (SSSR count). The van der Waals surface area contributed by atoms with E-state index in [2.05, 4.69) is 20.9 Å². The smallest absolute Gasteiger partial charge is 0.340 e. The Kier molecular flexibility index (Phi) is 3.88. The fourth-order valence-electron chi connectivity index (χ4n) is 0.884. The van der Waals surface area contributed by atoms with Gasteiger partial charge in [-0.1, -0.05) is 0 Å². The average molecular weight is 260 g/mol. The highest BCUT2D eigenvalue weighted by Crippen LogP contribution is 2.20. The van der Waals surface area contributed by atoms with Gasteiger partial charge in [0.1, 0.15) is 0 Å². The van der Waals surface area contributed by atoms with Crippen LogP contribution in [0.25, 0.3) is 0 Å². The molecule has 1 heterocycles. The van der Waals surface area contributed by atoms with Crippen LogP contribution in [0, 0.1) is 0 Å². The zero-order valence-electron chi connectivity index (χ0n) is 7.91. The number of hydrogen-bond acceptors (Lipinski definition) is 4. The first kappa shape index (κ1) is 11.0. The molecular weight excluding hydrogens is 250 g/mol. The van der Waals surface area contributed by atoms with Crippen LogP contribution in [0.5, 0.6) is 5.88 Å². The number of nitrogens with zero attached hydrogens (tertiary/aromatic N) is 1. The lowest BCUT2D eigenvalue weighted by Crippen LogP contribution is -2.06. The van der Waals surface area contributed by atoms with Crippen molar-refractivity contribution in [2.75, 3.05) is 13.7 Å². The predicted octanol–water partition coefficient (Wildman–Crippen LogP) is 2.03. The van der Waals surface area contributed by atoms with Gasteiger partial charge in [0.25, 0.3) is 0 Å². The van der Waals surface area contributed by atoms with Crippen LogP contribution in [0.4, 0.5) is 0 Å². The number of carbonyl (C=O) groups is 1. The van der Waals surface area contributed by atoms with E-state index in [9.17, 15) is 4.79 Å². The number of methoxy groups -OCH3 is 1.